The summed E-state index contributed by atoms with van der Waals surface area (Å²) in [6.07, 6.45) is 1.34. The van der Waals surface area contributed by atoms with Gasteiger partial charge in [-0.2, -0.15) is 0 Å². The number of aromatic nitrogens is 1. The predicted molar refractivity (Wildman–Crippen MR) is 67.9 cm³/mol. The van der Waals surface area contributed by atoms with Gasteiger partial charge in [-0.05, 0) is 19.1 Å². The van der Waals surface area contributed by atoms with Crippen molar-refractivity contribution >= 4 is 15.8 Å². The highest BCUT2D eigenvalue weighted by molar-refractivity contribution is 7.89. The van der Waals surface area contributed by atoms with Gasteiger partial charge in [0.2, 0.25) is 10.0 Å². The third-order valence-corrected chi connectivity index (χ3v) is 4.68. The number of rotatable bonds is 3. The van der Waals surface area contributed by atoms with E-state index in [1.54, 1.807) is 13.0 Å². The SMILES string of the molecule is CN(C)S(=O)(=O)c1ccc(N2CC(C)(O)C2)nc1. The Morgan fingerprint density at radius 2 is 2.00 bits per heavy atom. The van der Waals surface area contributed by atoms with Crippen molar-refractivity contribution in [1.82, 2.24) is 9.29 Å². The summed E-state index contributed by atoms with van der Waals surface area (Å²) in [6.45, 7) is 2.79. The molecule has 100 valence electrons. The van der Waals surface area contributed by atoms with Crippen LogP contribution in [0.25, 0.3) is 0 Å². The molecule has 0 bridgehead atoms. The van der Waals surface area contributed by atoms with Crippen molar-refractivity contribution in [3.63, 3.8) is 0 Å². The number of aliphatic hydroxyl groups is 1. The van der Waals surface area contributed by atoms with Gasteiger partial charge in [0.15, 0.2) is 0 Å². The first-order valence-corrected chi connectivity index (χ1v) is 7.02. The van der Waals surface area contributed by atoms with E-state index in [1.807, 2.05) is 4.90 Å². The van der Waals surface area contributed by atoms with Crippen molar-refractivity contribution < 1.29 is 13.5 Å². The third kappa shape index (κ3) is 2.33. The van der Waals surface area contributed by atoms with Gasteiger partial charge in [0.25, 0.3) is 0 Å². The van der Waals surface area contributed by atoms with Crippen molar-refractivity contribution in [2.45, 2.75) is 17.4 Å². The quantitative estimate of drug-likeness (QED) is 0.831. The zero-order chi connectivity index (χ0) is 13.6. The molecule has 1 aromatic heterocycles. The summed E-state index contributed by atoms with van der Waals surface area (Å²) in [4.78, 5) is 6.19. The fraction of sp³-hybridized carbons (Fsp3) is 0.545. The van der Waals surface area contributed by atoms with E-state index < -0.39 is 15.6 Å². The Bertz CT molecular complexity index is 529. The van der Waals surface area contributed by atoms with Crippen LogP contribution in [0, 0.1) is 0 Å². The van der Waals surface area contributed by atoms with Gasteiger partial charge in [0.1, 0.15) is 10.7 Å². The second kappa shape index (κ2) is 4.18. The Kier molecular flexibility index (Phi) is 3.08. The molecule has 0 radical (unpaired) electrons. The lowest BCUT2D eigenvalue weighted by Gasteiger charge is -2.44. The Morgan fingerprint density at radius 3 is 2.39 bits per heavy atom. The van der Waals surface area contributed by atoms with Gasteiger partial charge in [-0.15, -0.1) is 0 Å². The van der Waals surface area contributed by atoms with E-state index in [1.165, 1.54) is 26.4 Å². The lowest BCUT2D eigenvalue weighted by molar-refractivity contribution is 0.0305. The van der Waals surface area contributed by atoms with Gasteiger partial charge in [0.05, 0.1) is 5.60 Å². The number of hydrogen-bond acceptors (Lipinski definition) is 5. The van der Waals surface area contributed by atoms with Crippen molar-refractivity contribution in [3.05, 3.63) is 18.3 Å². The molecule has 2 heterocycles. The minimum Gasteiger partial charge on any atom is -0.386 e. The average molecular weight is 271 g/mol. The van der Waals surface area contributed by atoms with Crippen LogP contribution in [0.4, 0.5) is 5.82 Å². The summed E-state index contributed by atoms with van der Waals surface area (Å²) in [5, 5.41) is 9.63. The van der Waals surface area contributed by atoms with Crippen LogP contribution in [-0.2, 0) is 10.0 Å². The molecule has 7 heteroatoms. The first-order valence-electron chi connectivity index (χ1n) is 5.58. The molecule has 0 amide bonds. The van der Waals surface area contributed by atoms with Crippen LogP contribution in [0.3, 0.4) is 0 Å². The fourth-order valence-electron chi connectivity index (χ4n) is 1.86. The number of anilines is 1. The number of β-amino-alcohol motifs (C(OH)–C–C–N with tert-alkyl or cyclic N) is 1. The van der Waals surface area contributed by atoms with Crippen LogP contribution in [0.15, 0.2) is 23.2 Å². The van der Waals surface area contributed by atoms with Crippen molar-refractivity contribution in [2.24, 2.45) is 0 Å². The molecule has 1 fully saturated rings. The maximum absolute atomic E-state index is 11.8. The smallest absolute Gasteiger partial charge is 0.244 e. The highest BCUT2D eigenvalue weighted by Crippen LogP contribution is 2.26. The van der Waals surface area contributed by atoms with Gasteiger partial charge in [-0.1, -0.05) is 0 Å². The lowest BCUT2D eigenvalue weighted by atomic mass is 9.97. The van der Waals surface area contributed by atoms with Crippen LogP contribution in [-0.4, -0.2) is 55.6 Å². The van der Waals surface area contributed by atoms with E-state index in [-0.39, 0.29) is 4.90 Å². The monoisotopic (exact) mass is 271 g/mol. The molecule has 0 atom stereocenters. The molecule has 0 spiro atoms. The Hall–Kier alpha value is -1.18. The van der Waals surface area contributed by atoms with E-state index in [4.69, 9.17) is 0 Å². The molecule has 18 heavy (non-hydrogen) atoms. The first-order chi connectivity index (χ1) is 8.22. The van der Waals surface area contributed by atoms with Crippen molar-refractivity contribution in [3.8, 4) is 0 Å². The average Bonchev–Trinajstić information content (AvgIpc) is 2.25. The highest BCUT2D eigenvalue weighted by Gasteiger charge is 2.37. The van der Waals surface area contributed by atoms with Crippen LogP contribution in [0.2, 0.25) is 0 Å². The molecule has 1 saturated heterocycles. The molecule has 1 aromatic rings. The molecule has 1 aliphatic heterocycles. The topological polar surface area (TPSA) is 73.7 Å². The maximum atomic E-state index is 11.8. The van der Waals surface area contributed by atoms with Gasteiger partial charge >= 0.3 is 0 Å². The molecule has 0 unspecified atom stereocenters. The zero-order valence-corrected chi connectivity index (χ0v) is 11.5. The number of nitrogens with zero attached hydrogens (tertiary/aromatic N) is 3. The summed E-state index contributed by atoms with van der Waals surface area (Å²) in [5.74, 6) is 0.680. The zero-order valence-electron chi connectivity index (χ0n) is 10.7. The summed E-state index contributed by atoms with van der Waals surface area (Å²) in [5.41, 5.74) is -0.671. The second-order valence-corrected chi connectivity index (χ2v) is 7.14. The van der Waals surface area contributed by atoms with Crippen molar-refractivity contribution in [2.75, 3.05) is 32.1 Å². The molecule has 0 saturated carbocycles. The molecule has 1 aliphatic rings. The summed E-state index contributed by atoms with van der Waals surface area (Å²) >= 11 is 0. The second-order valence-electron chi connectivity index (χ2n) is 4.99. The largest absolute Gasteiger partial charge is 0.386 e. The summed E-state index contributed by atoms with van der Waals surface area (Å²) in [6, 6.07) is 3.19. The van der Waals surface area contributed by atoms with E-state index >= 15 is 0 Å². The molecular formula is C11H17N3O3S. The van der Waals surface area contributed by atoms with E-state index in [0.717, 1.165) is 4.31 Å². The Morgan fingerprint density at radius 1 is 1.39 bits per heavy atom. The molecule has 2 rings (SSSR count). The van der Waals surface area contributed by atoms with E-state index in [2.05, 4.69) is 4.98 Å². The Labute approximate surface area is 107 Å². The van der Waals surface area contributed by atoms with Gasteiger partial charge in [-0.3, -0.25) is 0 Å². The normalized spacial score (nSPS) is 18.8. The maximum Gasteiger partial charge on any atom is 0.244 e. The van der Waals surface area contributed by atoms with E-state index in [9.17, 15) is 13.5 Å². The van der Waals surface area contributed by atoms with Crippen molar-refractivity contribution in [1.29, 1.82) is 0 Å². The fourth-order valence-corrected chi connectivity index (χ4v) is 2.71. The standard InChI is InChI=1S/C11H17N3O3S/c1-11(15)7-14(8-11)10-5-4-9(6-12-10)18(16,17)13(2)3/h4-6,15H,7-8H2,1-3H3. The summed E-state index contributed by atoms with van der Waals surface area (Å²) < 4.78 is 24.8. The van der Waals surface area contributed by atoms with E-state index in [0.29, 0.717) is 18.9 Å². The summed E-state index contributed by atoms with van der Waals surface area (Å²) in [7, 11) is -0.464. The van der Waals surface area contributed by atoms with Crippen LogP contribution < -0.4 is 4.90 Å². The number of hydrogen-bond donors (Lipinski definition) is 1. The minimum atomic E-state index is -3.43. The molecule has 6 nitrogen and oxygen atoms in total. The van der Waals surface area contributed by atoms with Crippen LogP contribution >= 0.6 is 0 Å². The first kappa shape index (κ1) is 13.3. The molecule has 0 aliphatic carbocycles. The third-order valence-electron chi connectivity index (χ3n) is 2.89. The van der Waals surface area contributed by atoms with Gasteiger partial charge in [-0.25, -0.2) is 17.7 Å². The van der Waals surface area contributed by atoms with Gasteiger partial charge < -0.3 is 10.0 Å². The van der Waals surface area contributed by atoms with Crippen LogP contribution in [0.1, 0.15) is 6.92 Å². The molecular weight excluding hydrogens is 254 g/mol. The van der Waals surface area contributed by atoms with Gasteiger partial charge in [0, 0.05) is 33.4 Å². The Balaban J connectivity index is 2.17. The highest BCUT2D eigenvalue weighted by atomic mass is 32.2. The lowest BCUT2D eigenvalue weighted by Crippen LogP contribution is -2.60. The van der Waals surface area contributed by atoms with Crippen LogP contribution in [0.5, 0.6) is 0 Å². The minimum absolute atomic E-state index is 0.170. The number of pyridine rings is 1. The molecule has 0 aromatic carbocycles. The molecule has 1 N–H and O–H groups in total. The number of sulfonamides is 1. The predicted octanol–water partition coefficient (Wildman–Crippen LogP) is -0.0971.